The fourth-order valence-corrected chi connectivity index (χ4v) is 2.04. The highest BCUT2D eigenvalue weighted by Gasteiger charge is 2.15. The molecule has 0 aliphatic heterocycles. The van der Waals surface area contributed by atoms with E-state index in [-0.39, 0.29) is 30.5 Å². The number of hydrogen-bond donors (Lipinski definition) is 1. The number of rotatable bonds is 7. The van der Waals surface area contributed by atoms with Gasteiger partial charge in [0.25, 0.3) is 5.91 Å². The standard InChI is InChI=1S/C16H13N5O5/c22-14(10-25-13-4-2-1-3-12(13)21(23)24)18-9-15-19-16(20-26-15)11-5-7-17-8-6-11/h1-8H,9-10H2,(H,18,22). The molecule has 1 amide bonds. The van der Waals surface area contributed by atoms with Gasteiger partial charge in [-0.25, -0.2) is 0 Å². The second-order valence-corrected chi connectivity index (χ2v) is 5.04. The summed E-state index contributed by atoms with van der Waals surface area (Å²) in [5.74, 6) is 0.140. The van der Waals surface area contributed by atoms with Crippen LogP contribution < -0.4 is 10.1 Å². The second-order valence-electron chi connectivity index (χ2n) is 5.04. The monoisotopic (exact) mass is 355 g/mol. The molecule has 1 aromatic carbocycles. The fraction of sp³-hybridized carbons (Fsp3) is 0.125. The van der Waals surface area contributed by atoms with E-state index in [1.807, 2.05) is 0 Å². The Labute approximate surface area is 147 Å². The molecule has 10 nitrogen and oxygen atoms in total. The zero-order chi connectivity index (χ0) is 18.4. The molecule has 0 unspecified atom stereocenters. The summed E-state index contributed by atoms with van der Waals surface area (Å²) >= 11 is 0. The summed E-state index contributed by atoms with van der Waals surface area (Å²) in [5.41, 5.74) is 0.528. The largest absolute Gasteiger partial charge is 0.477 e. The summed E-state index contributed by atoms with van der Waals surface area (Å²) < 4.78 is 10.3. The number of pyridine rings is 1. The molecule has 0 spiro atoms. The highest BCUT2D eigenvalue weighted by molar-refractivity contribution is 5.77. The summed E-state index contributed by atoms with van der Waals surface area (Å²) in [7, 11) is 0. The van der Waals surface area contributed by atoms with Crippen LogP contribution >= 0.6 is 0 Å². The van der Waals surface area contributed by atoms with Crippen LogP contribution in [-0.4, -0.2) is 32.6 Å². The molecule has 26 heavy (non-hydrogen) atoms. The second kappa shape index (κ2) is 7.83. The van der Waals surface area contributed by atoms with E-state index in [4.69, 9.17) is 9.26 Å². The fourth-order valence-electron chi connectivity index (χ4n) is 2.04. The number of amides is 1. The summed E-state index contributed by atoms with van der Waals surface area (Å²) in [6.45, 7) is -0.368. The normalized spacial score (nSPS) is 10.3. The molecule has 0 aliphatic carbocycles. The van der Waals surface area contributed by atoms with Crippen LogP contribution in [0.15, 0.2) is 53.3 Å². The number of carbonyl (C=O) groups excluding carboxylic acids is 1. The first-order valence-electron chi connectivity index (χ1n) is 7.49. The Bertz CT molecular complexity index is 912. The van der Waals surface area contributed by atoms with Gasteiger partial charge in [0.2, 0.25) is 11.7 Å². The first-order chi connectivity index (χ1) is 12.6. The number of aromatic nitrogens is 3. The highest BCUT2D eigenvalue weighted by atomic mass is 16.6. The number of nitrogens with zero attached hydrogens (tertiary/aromatic N) is 4. The number of hydrogen-bond acceptors (Lipinski definition) is 8. The third kappa shape index (κ3) is 4.17. The van der Waals surface area contributed by atoms with E-state index in [0.717, 1.165) is 5.56 Å². The smallest absolute Gasteiger partial charge is 0.310 e. The number of ether oxygens (including phenoxy) is 1. The topological polar surface area (TPSA) is 133 Å². The number of nitro benzene ring substituents is 1. The van der Waals surface area contributed by atoms with Gasteiger partial charge in [-0.15, -0.1) is 0 Å². The van der Waals surface area contributed by atoms with Crippen molar-refractivity contribution in [3.63, 3.8) is 0 Å². The lowest BCUT2D eigenvalue weighted by Crippen LogP contribution is -2.28. The van der Waals surface area contributed by atoms with Crippen LogP contribution in [0.4, 0.5) is 5.69 Å². The van der Waals surface area contributed by atoms with Crippen LogP contribution in [0, 0.1) is 10.1 Å². The van der Waals surface area contributed by atoms with Crippen molar-refractivity contribution in [2.75, 3.05) is 6.61 Å². The Morgan fingerprint density at radius 1 is 1.23 bits per heavy atom. The summed E-state index contributed by atoms with van der Waals surface area (Å²) in [6.07, 6.45) is 3.21. The molecule has 0 saturated heterocycles. The number of nitrogens with one attached hydrogen (secondary N) is 1. The molecule has 0 bridgehead atoms. The van der Waals surface area contributed by atoms with Crippen molar-refractivity contribution in [1.29, 1.82) is 0 Å². The zero-order valence-electron chi connectivity index (χ0n) is 13.4. The Morgan fingerprint density at radius 2 is 2.00 bits per heavy atom. The molecular formula is C16H13N5O5. The van der Waals surface area contributed by atoms with Crippen LogP contribution in [0.3, 0.4) is 0 Å². The minimum Gasteiger partial charge on any atom is -0.477 e. The van der Waals surface area contributed by atoms with Crippen molar-refractivity contribution in [3.05, 3.63) is 64.8 Å². The highest BCUT2D eigenvalue weighted by Crippen LogP contribution is 2.25. The number of carbonyl (C=O) groups is 1. The van der Waals surface area contributed by atoms with Gasteiger partial charge in [-0.3, -0.25) is 19.9 Å². The maximum absolute atomic E-state index is 11.8. The van der Waals surface area contributed by atoms with Gasteiger partial charge < -0.3 is 14.6 Å². The van der Waals surface area contributed by atoms with Crippen molar-refractivity contribution < 1.29 is 19.0 Å². The lowest BCUT2D eigenvalue weighted by molar-refractivity contribution is -0.385. The summed E-state index contributed by atoms with van der Waals surface area (Å²) in [6, 6.07) is 9.28. The van der Waals surface area contributed by atoms with E-state index in [2.05, 4.69) is 20.4 Å². The van der Waals surface area contributed by atoms with Gasteiger partial charge in [-0.05, 0) is 18.2 Å². The molecule has 2 heterocycles. The van der Waals surface area contributed by atoms with Crippen LogP contribution in [0.1, 0.15) is 5.89 Å². The van der Waals surface area contributed by atoms with E-state index < -0.39 is 10.8 Å². The third-order valence-corrected chi connectivity index (χ3v) is 3.26. The first-order valence-corrected chi connectivity index (χ1v) is 7.49. The van der Waals surface area contributed by atoms with Gasteiger partial charge in [0.05, 0.1) is 11.5 Å². The van der Waals surface area contributed by atoms with Crippen LogP contribution in [-0.2, 0) is 11.3 Å². The molecule has 0 aliphatic rings. The molecule has 2 aromatic heterocycles. The predicted octanol–water partition coefficient (Wildman–Crippen LogP) is 1.73. The lowest BCUT2D eigenvalue weighted by atomic mass is 10.2. The average molecular weight is 355 g/mol. The van der Waals surface area contributed by atoms with Crippen molar-refractivity contribution in [3.8, 4) is 17.1 Å². The summed E-state index contributed by atoms with van der Waals surface area (Å²) in [5, 5.41) is 17.2. The third-order valence-electron chi connectivity index (χ3n) is 3.26. The number of benzene rings is 1. The van der Waals surface area contributed by atoms with Gasteiger partial charge in [-0.1, -0.05) is 17.3 Å². The number of nitro groups is 1. The van der Waals surface area contributed by atoms with Gasteiger partial charge in [-0.2, -0.15) is 4.98 Å². The SMILES string of the molecule is O=C(COc1ccccc1[N+](=O)[O-])NCc1nc(-c2ccncc2)no1. The van der Waals surface area contributed by atoms with E-state index in [1.165, 1.54) is 18.2 Å². The molecule has 1 N–H and O–H groups in total. The quantitative estimate of drug-likeness (QED) is 0.500. The van der Waals surface area contributed by atoms with E-state index in [1.54, 1.807) is 30.6 Å². The predicted molar refractivity (Wildman–Crippen MR) is 88.0 cm³/mol. The Kier molecular flexibility index (Phi) is 5.13. The van der Waals surface area contributed by atoms with Gasteiger partial charge >= 0.3 is 5.69 Å². The van der Waals surface area contributed by atoms with Gasteiger partial charge in [0, 0.05) is 24.0 Å². The van der Waals surface area contributed by atoms with Crippen molar-refractivity contribution in [1.82, 2.24) is 20.4 Å². The molecular weight excluding hydrogens is 342 g/mol. The average Bonchev–Trinajstić information content (AvgIpc) is 3.14. The maximum Gasteiger partial charge on any atom is 0.310 e. The van der Waals surface area contributed by atoms with Crippen molar-refractivity contribution in [2.24, 2.45) is 0 Å². The Balaban J connectivity index is 1.52. The summed E-state index contributed by atoms with van der Waals surface area (Å²) in [4.78, 5) is 30.2. The molecule has 132 valence electrons. The first kappa shape index (κ1) is 17.0. The van der Waals surface area contributed by atoms with Crippen molar-refractivity contribution in [2.45, 2.75) is 6.54 Å². The minimum atomic E-state index is -0.577. The molecule has 0 fully saturated rings. The van der Waals surface area contributed by atoms with Crippen LogP contribution in [0.25, 0.3) is 11.4 Å². The van der Waals surface area contributed by atoms with E-state index in [0.29, 0.717) is 5.82 Å². The Hall–Kier alpha value is -3.82. The molecule has 3 rings (SSSR count). The zero-order valence-corrected chi connectivity index (χ0v) is 13.4. The maximum atomic E-state index is 11.8. The van der Waals surface area contributed by atoms with E-state index >= 15 is 0 Å². The van der Waals surface area contributed by atoms with Crippen LogP contribution in [0.2, 0.25) is 0 Å². The lowest BCUT2D eigenvalue weighted by Gasteiger charge is -2.06. The van der Waals surface area contributed by atoms with Gasteiger partial charge in [0.1, 0.15) is 0 Å². The van der Waals surface area contributed by atoms with E-state index in [9.17, 15) is 14.9 Å². The molecule has 0 radical (unpaired) electrons. The molecule has 10 heteroatoms. The Morgan fingerprint density at radius 3 is 2.77 bits per heavy atom. The molecule has 0 saturated carbocycles. The van der Waals surface area contributed by atoms with Crippen LogP contribution in [0.5, 0.6) is 5.75 Å². The minimum absolute atomic E-state index is 0.0111. The molecule has 3 aromatic rings. The number of para-hydroxylation sites is 2. The van der Waals surface area contributed by atoms with Crippen molar-refractivity contribution >= 4 is 11.6 Å². The van der Waals surface area contributed by atoms with Gasteiger partial charge in [0.15, 0.2) is 12.4 Å². The molecule has 0 atom stereocenters.